The van der Waals surface area contributed by atoms with E-state index in [0.29, 0.717) is 29.7 Å². The second kappa shape index (κ2) is 9.21. The number of Topliss-reactive ketones (excluding diaryl/α,β-unsaturated/α-hetero) is 1. The Morgan fingerprint density at radius 2 is 1.63 bits per heavy atom. The van der Waals surface area contributed by atoms with Gasteiger partial charge in [-0.2, -0.15) is 13.2 Å². The van der Waals surface area contributed by atoms with Crippen LogP contribution >= 0.6 is 0 Å². The fourth-order valence-electron chi connectivity index (χ4n) is 2.35. The molecular formula is C20H20F3NO3. The lowest BCUT2D eigenvalue weighted by Gasteiger charge is -2.09. The summed E-state index contributed by atoms with van der Waals surface area (Å²) in [7, 11) is 0. The van der Waals surface area contributed by atoms with Gasteiger partial charge in [0.2, 0.25) is 0 Å². The molecule has 0 spiro atoms. The van der Waals surface area contributed by atoms with Crippen LogP contribution in [-0.4, -0.2) is 24.8 Å². The number of hydrogen-bond donors (Lipinski definition) is 1. The Morgan fingerprint density at radius 3 is 2.19 bits per heavy atom. The number of halogens is 3. The first kappa shape index (κ1) is 20.5. The van der Waals surface area contributed by atoms with E-state index in [0.717, 1.165) is 12.1 Å². The zero-order valence-electron chi connectivity index (χ0n) is 14.8. The van der Waals surface area contributed by atoms with E-state index >= 15 is 0 Å². The van der Waals surface area contributed by atoms with E-state index in [-0.39, 0.29) is 24.8 Å². The Hall–Kier alpha value is -2.83. The highest BCUT2D eigenvalue weighted by Crippen LogP contribution is 2.29. The molecule has 0 saturated heterocycles. The van der Waals surface area contributed by atoms with Crippen LogP contribution in [0.3, 0.4) is 0 Å². The molecule has 4 nitrogen and oxygen atoms in total. The van der Waals surface area contributed by atoms with Crippen LogP contribution in [0.15, 0.2) is 48.5 Å². The van der Waals surface area contributed by atoms with Crippen molar-refractivity contribution in [3.8, 4) is 5.75 Å². The maximum absolute atomic E-state index is 12.5. The minimum Gasteiger partial charge on any atom is -0.484 e. The van der Waals surface area contributed by atoms with Gasteiger partial charge in [-0.1, -0.05) is 19.1 Å². The molecule has 0 heterocycles. The molecule has 144 valence electrons. The van der Waals surface area contributed by atoms with Gasteiger partial charge in [-0.15, -0.1) is 0 Å². The summed E-state index contributed by atoms with van der Waals surface area (Å²) in [6.45, 7) is 1.88. The third kappa shape index (κ3) is 6.44. The van der Waals surface area contributed by atoms with Crippen LogP contribution in [0.4, 0.5) is 13.2 Å². The van der Waals surface area contributed by atoms with Gasteiger partial charge < -0.3 is 10.1 Å². The van der Waals surface area contributed by atoms with E-state index in [1.165, 1.54) is 12.1 Å². The lowest BCUT2D eigenvalue weighted by molar-refractivity contribution is -0.137. The maximum Gasteiger partial charge on any atom is 0.416 e. The highest BCUT2D eigenvalue weighted by atomic mass is 19.4. The molecule has 0 unspecified atom stereocenters. The molecule has 0 saturated carbocycles. The average molecular weight is 379 g/mol. The van der Waals surface area contributed by atoms with Gasteiger partial charge in [0.05, 0.1) is 5.56 Å². The van der Waals surface area contributed by atoms with Gasteiger partial charge in [-0.05, 0) is 48.4 Å². The molecular weight excluding hydrogens is 359 g/mol. The van der Waals surface area contributed by atoms with Gasteiger partial charge in [0.25, 0.3) is 5.91 Å². The molecule has 0 fully saturated rings. The van der Waals surface area contributed by atoms with Gasteiger partial charge in [-0.25, -0.2) is 0 Å². The van der Waals surface area contributed by atoms with E-state index in [9.17, 15) is 22.8 Å². The molecule has 0 atom stereocenters. The molecule has 0 aliphatic rings. The first-order chi connectivity index (χ1) is 12.8. The standard InChI is InChI=1S/C20H20F3NO3/c1-2-18(25)15-5-9-17(10-6-15)27-13-19(26)24-12-11-14-3-7-16(8-4-14)20(21,22)23/h3-10H,2,11-13H2,1H3,(H,24,26). The number of carbonyl (C=O) groups excluding carboxylic acids is 2. The topological polar surface area (TPSA) is 55.4 Å². The number of alkyl halides is 3. The molecule has 7 heteroatoms. The predicted octanol–water partition coefficient (Wildman–Crippen LogP) is 4.04. The van der Waals surface area contributed by atoms with Crippen molar-refractivity contribution in [1.82, 2.24) is 5.32 Å². The second-order valence-corrected chi connectivity index (χ2v) is 5.88. The summed E-state index contributed by atoms with van der Waals surface area (Å²) < 4.78 is 42.8. The van der Waals surface area contributed by atoms with E-state index in [2.05, 4.69) is 5.32 Å². The van der Waals surface area contributed by atoms with Crippen molar-refractivity contribution in [2.75, 3.05) is 13.2 Å². The van der Waals surface area contributed by atoms with Crippen LogP contribution in [0.1, 0.15) is 34.8 Å². The Labute approximate surface area is 155 Å². The summed E-state index contributed by atoms with van der Waals surface area (Å²) in [5, 5.41) is 2.64. The number of carbonyl (C=O) groups is 2. The van der Waals surface area contributed by atoms with Crippen molar-refractivity contribution < 1.29 is 27.5 Å². The smallest absolute Gasteiger partial charge is 0.416 e. The normalized spacial score (nSPS) is 11.1. The monoisotopic (exact) mass is 379 g/mol. The minimum atomic E-state index is -4.36. The van der Waals surface area contributed by atoms with Crippen molar-refractivity contribution in [3.05, 3.63) is 65.2 Å². The van der Waals surface area contributed by atoms with Crippen molar-refractivity contribution >= 4 is 11.7 Å². The quantitative estimate of drug-likeness (QED) is 0.705. The fourth-order valence-corrected chi connectivity index (χ4v) is 2.35. The molecule has 2 aromatic rings. The fraction of sp³-hybridized carbons (Fsp3) is 0.300. The molecule has 0 aliphatic carbocycles. The van der Waals surface area contributed by atoms with E-state index < -0.39 is 11.7 Å². The van der Waals surface area contributed by atoms with Gasteiger partial charge in [0, 0.05) is 18.5 Å². The zero-order valence-corrected chi connectivity index (χ0v) is 14.8. The molecule has 1 amide bonds. The summed E-state index contributed by atoms with van der Waals surface area (Å²) in [4.78, 5) is 23.3. The number of rotatable bonds is 8. The lowest BCUT2D eigenvalue weighted by atomic mass is 10.1. The number of ether oxygens (including phenoxy) is 1. The number of hydrogen-bond acceptors (Lipinski definition) is 3. The van der Waals surface area contributed by atoms with Crippen LogP contribution < -0.4 is 10.1 Å². The van der Waals surface area contributed by atoms with Crippen molar-refractivity contribution in [2.24, 2.45) is 0 Å². The Kier molecular flexibility index (Phi) is 6.98. The summed E-state index contributed by atoms with van der Waals surface area (Å²) in [5.74, 6) is 0.165. The van der Waals surface area contributed by atoms with Crippen molar-refractivity contribution in [1.29, 1.82) is 0 Å². The number of ketones is 1. The molecule has 0 bridgehead atoms. The maximum atomic E-state index is 12.5. The van der Waals surface area contributed by atoms with Crippen LogP contribution in [0, 0.1) is 0 Å². The predicted molar refractivity (Wildman–Crippen MR) is 94.7 cm³/mol. The second-order valence-electron chi connectivity index (χ2n) is 5.88. The Morgan fingerprint density at radius 1 is 1.00 bits per heavy atom. The molecule has 0 aliphatic heterocycles. The molecule has 2 aromatic carbocycles. The summed E-state index contributed by atoms with van der Waals surface area (Å²) >= 11 is 0. The van der Waals surface area contributed by atoms with Gasteiger partial charge in [0.1, 0.15) is 5.75 Å². The zero-order chi connectivity index (χ0) is 19.9. The number of nitrogens with one attached hydrogen (secondary N) is 1. The average Bonchev–Trinajstić information content (AvgIpc) is 2.66. The first-order valence-electron chi connectivity index (χ1n) is 8.48. The summed E-state index contributed by atoms with van der Waals surface area (Å²) in [6.07, 6.45) is -3.52. The number of benzene rings is 2. The number of amides is 1. The van der Waals surface area contributed by atoms with E-state index in [1.54, 1.807) is 31.2 Å². The van der Waals surface area contributed by atoms with Gasteiger partial charge in [-0.3, -0.25) is 9.59 Å². The Bertz CT molecular complexity index is 769. The molecule has 2 rings (SSSR count). The SMILES string of the molecule is CCC(=O)c1ccc(OCC(=O)NCCc2ccc(C(F)(F)F)cc2)cc1. The minimum absolute atomic E-state index is 0.0301. The molecule has 0 aromatic heterocycles. The largest absolute Gasteiger partial charge is 0.484 e. The molecule has 0 radical (unpaired) electrons. The summed E-state index contributed by atoms with van der Waals surface area (Å²) in [6, 6.07) is 11.4. The van der Waals surface area contributed by atoms with Crippen LogP contribution in [0.5, 0.6) is 5.75 Å². The van der Waals surface area contributed by atoms with Crippen molar-refractivity contribution in [2.45, 2.75) is 25.9 Å². The highest BCUT2D eigenvalue weighted by molar-refractivity contribution is 5.95. The first-order valence-corrected chi connectivity index (χ1v) is 8.48. The van der Waals surface area contributed by atoms with Gasteiger partial charge >= 0.3 is 6.18 Å². The van der Waals surface area contributed by atoms with Crippen molar-refractivity contribution in [3.63, 3.8) is 0 Å². The molecule has 1 N–H and O–H groups in total. The third-order valence-corrected chi connectivity index (χ3v) is 3.88. The van der Waals surface area contributed by atoms with Crippen LogP contribution in [-0.2, 0) is 17.4 Å². The molecule has 27 heavy (non-hydrogen) atoms. The Balaban J connectivity index is 1.72. The van der Waals surface area contributed by atoms with Crippen LogP contribution in [0.25, 0.3) is 0 Å². The summed E-state index contributed by atoms with van der Waals surface area (Å²) in [5.41, 5.74) is 0.585. The van der Waals surface area contributed by atoms with E-state index in [1.807, 2.05) is 0 Å². The lowest BCUT2D eigenvalue weighted by Crippen LogP contribution is -2.30. The van der Waals surface area contributed by atoms with Crippen LogP contribution in [0.2, 0.25) is 0 Å². The third-order valence-electron chi connectivity index (χ3n) is 3.88. The highest BCUT2D eigenvalue weighted by Gasteiger charge is 2.29. The van der Waals surface area contributed by atoms with Gasteiger partial charge in [0.15, 0.2) is 12.4 Å². The van der Waals surface area contributed by atoms with E-state index in [4.69, 9.17) is 4.74 Å².